The van der Waals surface area contributed by atoms with Gasteiger partial charge in [-0.2, -0.15) is 10.5 Å². The number of likely N-dealkylation sites (tertiary alicyclic amines) is 1. The molecular formula is C15H17IN6O. The summed E-state index contributed by atoms with van der Waals surface area (Å²) in [7, 11) is 0. The highest BCUT2D eigenvalue weighted by Gasteiger charge is 2.41. The zero-order valence-corrected chi connectivity index (χ0v) is 14.7. The molecule has 2 heterocycles. The predicted molar refractivity (Wildman–Crippen MR) is 93.6 cm³/mol. The normalized spacial score (nSPS) is 19.9. The molecule has 1 amide bonds. The second-order valence-corrected chi connectivity index (χ2v) is 6.95. The van der Waals surface area contributed by atoms with Crippen LogP contribution in [0.25, 0.3) is 0 Å². The number of nitrogens with one attached hydrogen (secondary N) is 2. The highest BCUT2D eigenvalue weighted by Crippen LogP contribution is 2.34. The van der Waals surface area contributed by atoms with Gasteiger partial charge < -0.3 is 15.5 Å². The number of carbonyl (C=O) groups is 1. The van der Waals surface area contributed by atoms with Crippen LogP contribution in [0.4, 0.5) is 5.82 Å². The number of hydrogen-bond donors (Lipinski definition) is 2. The van der Waals surface area contributed by atoms with Gasteiger partial charge in [-0.3, -0.25) is 4.79 Å². The van der Waals surface area contributed by atoms with Gasteiger partial charge in [0.2, 0.25) is 5.91 Å². The number of alkyl halides is 1. The number of nitriles is 2. The molecule has 0 bridgehead atoms. The van der Waals surface area contributed by atoms with Crippen LogP contribution in [0.1, 0.15) is 18.4 Å². The molecule has 8 heteroatoms. The van der Waals surface area contributed by atoms with Crippen LogP contribution in [0.3, 0.4) is 0 Å². The number of carbonyl (C=O) groups excluding carboxylic acids is 1. The minimum atomic E-state index is -0.693. The maximum atomic E-state index is 12.2. The van der Waals surface area contributed by atoms with E-state index in [1.807, 2.05) is 6.07 Å². The first-order valence-corrected chi connectivity index (χ1v) is 8.38. The monoisotopic (exact) mass is 424 g/mol. The summed E-state index contributed by atoms with van der Waals surface area (Å²) in [5.74, 6) is 0.641. The molecule has 120 valence electrons. The summed E-state index contributed by atoms with van der Waals surface area (Å²) < 4.78 is -0.693. The van der Waals surface area contributed by atoms with Gasteiger partial charge in [-0.25, -0.2) is 4.98 Å². The quantitative estimate of drug-likeness (QED) is 0.308. The molecule has 0 spiro atoms. The molecule has 0 radical (unpaired) electrons. The second kappa shape index (κ2) is 8.09. The van der Waals surface area contributed by atoms with E-state index < -0.39 is 3.55 Å². The van der Waals surface area contributed by atoms with Crippen LogP contribution in [-0.2, 0) is 4.79 Å². The first-order valence-electron chi connectivity index (χ1n) is 7.30. The van der Waals surface area contributed by atoms with Gasteiger partial charge in [-0.1, -0.05) is 0 Å². The van der Waals surface area contributed by atoms with E-state index in [9.17, 15) is 10.1 Å². The molecule has 0 aliphatic carbocycles. The van der Waals surface area contributed by atoms with E-state index in [1.54, 1.807) is 17.0 Å². The first-order chi connectivity index (χ1) is 11.1. The van der Waals surface area contributed by atoms with Crippen molar-refractivity contribution in [2.75, 3.05) is 31.5 Å². The Morgan fingerprint density at radius 3 is 2.91 bits per heavy atom. The molecule has 0 saturated carbocycles. The lowest BCUT2D eigenvalue weighted by molar-refractivity contribution is -0.130. The Kier molecular flexibility index (Phi) is 6.13. The summed E-state index contributed by atoms with van der Waals surface area (Å²) in [5, 5.41) is 24.1. The number of halogens is 1. The Morgan fingerprint density at radius 1 is 1.43 bits per heavy atom. The fourth-order valence-electron chi connectivity index (χ4n) is 2.36. The number of pyridine rings is 1. The Balaban J connectivity index is 1.68. The van der Waals surface area contributed by atoms with Crippen LogP contribution >= 0.6 is 22.6 Å². The van der Waals surface area contributed by atoms with Crippen molar-refractivity contribution in [2.24, 2.45) is 0 Å². The van der Waals surface area contributed by atoms with Crippen molar-refractivity contribution in [3.05, 3.63) is 23.9 Å². The number of nitrogens with zero attached hydrogens (tertiary/aromatic N) is 4. The second-order valence-electron chi connectivity index (χ2n) is 5.17. The summed E-state index contributed by atoms with van der Waals surface area (Å²) in [6.07, 6.45) is 3.10. The lowest BCUT2D eigenvalue weighted by Gasteiger charge is -2.27. The van der Waals surface area contributed by atoms with Crippen LogP contribution in [0, 0.1) is 22.7 Å². The fourth-order valence-corrected chi connectivity index (χ4v) is 3.25. The molecule has 1 fully saturated rings. The summed E-state index contributed by atoms with van der Waals surface area (Å²) in [5.41, 5.74) is 0.518. The topological polar surface area (TPSA) is 105 Å². The molecule has 0 aromatic carbocycles. The molecule has 1 aliphatic rings. The summed E-state index contributed by atoms with van der Waals surface area (Å²) in [4.78, 5) is 17.9. The molecule has 7 nitrogen and oxygen atoms in total. The third-order valence-electron chi connectivity index (χ3n) is 3.57. The molecule has 1 saturated heterocycles. The highest BCUT2D eigenvalue weighted by atomic mass is 127. The molecule has 1 aromatic heterocycles. The summed E-state index contributed by atoms with van der Waals surface area (Å²) in [6, 6.07) is 7.67. The number of rotatable bonds is 6. The molecule has 2 rings (SSSR count). The lowest BCUT2D eigenvalue weighted by atomic mass is 10.2. The van der Waals surface area contributed by atoms with Gasteiger partial charge in [0.1, 0.15) is 18.0 Å². The third-order valence-corrected chi connectivity index (χ3v) is 4.93. The molecule has 1 unspecified atom stereocenters. The molecule has 1 atom stereocenters. The zero-order valence-electron chi connectivity index (χ0n) is 12.5. The number of amides is 1. The van der Waals surface area contributed by atoms with Crippen molar-refractivity contribution < 1.29 is 4.79 Å². The Bertz CT molecular complexity index is 635. The molecular weight excluding hydrogens is 407 g/mol. The minimum absolute atomic E-state index is 0.0463. The van der Waals surface area contributed by atoms with E-state index in [0.717, 1.165) is 12.8 Å². The number of anilines is 1. The van der Waals surface area contributed by atoms with Crippen LogP contribution < -0.4 is 10.6 Å². The van der Waals surface area contributed by atoms with Gasteiger partial charge in [0.05, 0.1) is 12.1 Å². The maximum Gasteiger partial charge on any atom is 0.238 e. The SMILES string of the molecule is N#Cc1ccc(NCCNCC(=O)N2CCCC2(I)C#N)nc1. The maximum absolute atomic E-state index is 12.2. The Hall–Kier alpha value is -1.91. The summed E-state index contributed by atoms with van der Waals surface area (Å²) in [6.45, 7) is 2.07. The van der Waals surface area contributed by atoms with Gasteiger partial charge in [-0.15, -0.1) is 0 Å². The van der Waals surface area contributed by atoms with Crippen molar-refractivity contribution >= 4 is 34.3 Å². The Morgan fingerprint density at radius 2 is 2.26 bits per heavy atom. The van der Waals surface area contributed by atoms with Crippen LogP contribution in [0.5, 0.6) is 0 Å². The largest absolute Gasteiger partial charge is 0.369 e. The van der Waals surface area contributed by atoms with Gasteiger partial charge in [-0.05, 0) is 47.6 Å². The van der Waals surface area contributed by atoms with Crippen LogP contribution in [0.2, 0.25) is 0 Å². The Labute approximate surface area is 148 Å². The highest BCUT2D eigenvalue weighted by molar-refractivity contribution is 14.1. The van der Waals surface area contributed by atoms with Crippen LogP contribution in [-0.4, -0.2) is 45.5 Å². The summed E-state index contributed by atoms with van der Waals surface area (Å²) >= 11 is 2.06. The molecule has 23 heavy (non-hydrogen) atoms. The lowest BCUT2D eigenvalue weighted by Crippen LogP contribution is -2.46. The minimum Gasteiger partial charge on any atom is -0.369 e. The number of aromatic nitrogens is 1. The van der Waals surface area contributed by atoms with E-state index in [4.69, 9.17) is 5.26 Å². The average Bonchev–Trinajstić information content (AvgIpc) is 2.97. The van der Waals surface area contributed by atoms with E-state index in [2.05, 4.69) is 44.3 Å². The zero-order chi connectivity index (χ0) is 16.7. The molecule has 2 N–H and O–H groups in total. The van der Waals surface area contributed by atoms with Crippen molar-refractivity contribution in [1.82, 2.24) is 15.2 Å². The van der Waals surface area contributed by atoms with Gasteiger partial charge in [0.15, 0.2) is 3.55 Å². The average molecular weight is 424 g/mol. The predicted octanol–water partition coefficient (Wildman–Crippen LogP) is 1.23. The van der Waals surface area contributed by atoms with Crippen molar-refractivity contribution in [2.45, 2.75) is 16.4 Å². The van der Waals surface area contributed by atoms with Crippen molar-refractivity contribution in [3.63, 3.8) is 0 Å². The van der Waals surface area contributed by atoms with Crippen molar-refractivity contribution in [1.29, 1.82) is 10.5 Å². The first kappa shape index (κ1) is 17.4. The van der Waals surface area contributed by atoms with E-state index in [0.29, 0.717) is 31.0 Å². The number of hydrogen-bond acceptors (Lipinski definition) is 6. The van der Waals surface area contributed by atoms with E-state index >= 15 is 0 Å². The van der Waals surface area contributed by atoms with Crippen LogP contribution in [0.15, 0.2) is 18.3 Å². The van der Waals surface area contributed by atoms with Gasteiger partial charge in [0.25, 0.3) is 0 Å². The molecule has 1 aromatic rings. The standard InChI is InChI=1S/C15H17IN6O/c16-15(11-18)4-1-7-22(15)14(23)10-19-5-6-20-13-3-2-12(8-17)9-21-13/h2-3,9,19H,1,4-7,10H2,(H,20,21). The van der Waals surface area contributed by atoms with Crippen molar-refractivity contribution in [3.8, 4) is 12.1 Å². The third kappa shape index (κ3) is 4.53. The van der Waals surface area contributed by atoms with Gasteiger partial charge >= 0.3 is 0 Å². The van der Waals surface area contributed by atoms with Gasteiger partial charge in [0, 0.05) is 25.8 Å². The smallest absolute Gasteiger partial charge is 0.238 e. The fraction of sp³-hybridized carbons (Fsp3) is 0.467. The van der Waals surface area contributed by atoms with E-state index in [-0.39, 0.29) is 12.5 Å². The molecule has 1 aliphatic heterocycles. The van der Waals surface area contributed by atoms with E-state index in [1.165, 1.54) is 6.20 Å².